The van der Waals surface area contributed by atoms with Crippen LogP contribution in [0.15, 0.2) is 12.1 Å². The van der Waals surface area contributed by atoms with Crippen LogP contribution >= 0.6 is 11.3 Å². The Morgan fingerprint density at radius 1 is 1.40 bits per heavy atom. The minimum Gasteiger partial charge on any atom is -0.397 e. The molecular formula is C15H21N3OS. The zero-order valence-corrected chi connectivity index (χ0v) is 12.9. The van der Waals surface area contributed by atoms with Crippen molar-refractivity contribution in [3.8, 4) is 0 Å². The van der Waals surface area contributed by atoms with E-state index in [1.54, 1.807) is 18.4 Å². The number of nitrogen functional groups attached to an aromatic ring is 1. The molecule has 0 saturated carbocycles. The fourth-order valence-electron chi connectivity index (χ4n) is 2.94. The van der Waals surface area contributed by atoms with Gasteiger partial charge in [-0.25, -0.2) is 4.98 Å². The summed E-state index contributed by atoms with van der Waals surface area (Å²) in [6, 6.07) is 4.21. The summed E-state index contributed by atoms with van der Waals surface area (Å²) < 4.78 is 6.43. The smallest absolute Gasteiger partial charge is 0.0907 e. The quantitative estimate of drug-likeness (QED) is 0.883. The van der Waals surface area contributed by atoms with Crippen LogP contribution in [-0.4, -0.2) is 31.8 Å². The standard InChI is InChI=1S/C15H21N3OS/c1-10-17-13-8-14(12(16)7-15(13)20-10)18-5-3-11(4-6-18)9-19-2/h7-8,11H,3-6,9,16H2,1-2H3. The Morgan fingerprint density at radius 2 is 2.15 bits per heavy atom. The number of anilines is 2. The molecule has 108 valence electrons. The number of hydrogen-bond donors (Lipinski definition) is 1. The molecule has 3 rings (SSSR count). The van der Waals surface area contributed by atoms with E-state index in [0.29, 0.717) is 5.92 Å². The van der Waals surface area contributed by atoms with E-state index >= 15 is 0 Å². The second kappa shape index (κ2) is 5.58. The number of ether oxygens (including phenoxy) is 1. The van der Waals surface area contributed by atoms with Crippen molar-refractivity contribution in [1.82, 2.24) is 4.98 Å². The molecule has 1 aliphatic rings. The summed E-state index contributed by atoms with van der Waals surface area (Å²) in [6.07, 6.45) is 2.34. The summed E-state index contributed by atoms with van der Waals surface area (Å²) >= 11 is 1.70. The lowest BCUT2D eigenvalue weighted by molar-refractivity contribution is 0.139. The Balaban J connectivity index is 1.82. The molecule has 20 heavy (non-hydrogen) atoms. The summed E-state index contributed by atoms with van der Waals surface area (Å²) in [4.78, 5) is 6.95. The monoisotopic (exact) mass is 291 g/mol. The lowest BCUT2D eigenvalue weighted by Gasteiger charge is -2.34. The third kappa shape index (κ3) is 2.60. The fraction of sp³-hybridized carbons (Fsp3) is 0.533. The van der Waals surface area contributed by atoms with Crippen molar-refractivity contribution < 1.29 is 4.74 Å². The summed E-state index contributed by atoms with van der Waals surface area (Å²) in [5, 5.41) is 1.09. The van der Waals surface area contributed by atoms with E-state index in [0.717, 1.165) is 41.6 Å². The first-order chi connectivity index (χ1) is 9.67. The van der Waals surface area contributed by atoms with Gasteiger partial charge in [0, 0.05) is 26.8 Å². The molecule has 2 aromatic rings. The van der Waals surface area contributed by atoms with Gasteiger partial charge in [-0.15, -0.1) is 11.3 Å². The minimum absolute atomic E-state index is 0.683. The number of benzene rings is 1. The number of methoxy groups -OCH3 is 1. The molecule has 0 amide bonds. The SMILES string of the molecule is COCC1CCN(c2cc3nc(C)sc3cc2N)CC1. The molecule has 1 fully saturated rings. The van der Waals surface area contributed by atoms with E-state index < -0.39 is 0 Å². The lowest BCUT2D eigenvalue weighted by Crippen LogP contribution is -2.35. The third-order valence-electron chi connectivity index (χ3n) is 4.00. The minimum atomic E-state index is 0.683. The van der Waals surface area contributed by atoms with E-state index in [4.69, 9.17) is 10.5 Å². The zero-order valence-electron chi connectivity index (χ0n) is 12.1. The predicted molar refractivity (Wildman–Crippen MR) is 85.6 cm³/mol. The highest BCUT2D eigenvalue weighted by Gasteiger charge is 2.21. The van der Waals surface area contributed by atoms with Crippen molar-refractivity contribution >= 4 is 32.9 Å². The number of rotatable bonds is 3. The number of piperidine rings is 1. The van der Waals surface area contributed by atoms with Crippen LogP contribution in [0, 0.1) is 12.8 Å². The van der Waals surface area contributed by atoms with Crippen LogP contribution in [0.25, 0.3) is 10.2 Å². The van der Waals surface area contributed by atoms with Gasteiger partial charge in [-0.1, -0.05) is 0 Å². The van der Waals surface area contributed by atoms with E-state index in [-0.39, 0.29) is 0 Å². The maximum absolute atomic E-state index is 6.23. The van der Waals surface area contributed by atoms with Gasteiger partial charge in [-0.3, -0.25) is 0 Å². The summed E-state index contributed by atoms with van der Waals surface area (Å²) in [5.74, 6) is 0.683. The van der Waals surface area contributed by atoms with Gasteiger partial charge >= 0.3 is 0 Å². The van der Waals surface area contributed by atoms with Gasteiger partial charge in [0.15, 0.2) is 0 Å². The second-order valence-electron chi connectivity index (χ2n) is 5.50. The molecular weight excluding hydrogens is 270 g/mol. The second-order valence-corrected chi connectivity index (χ2v) is 6.73. The first-order valence-corrected chi connectivity index (χ1v) is 7.89. The molecule has 0 atom stereocenters. The van der Waals surface area contributed by atoms with Crippen molar-refractivity contribution in [1.29, 1.82) is 0 Å². The van der Waals surface area contributed by atoms with Crippen molar-refractivity contribution in [3.05, 3.63) is 17.1 Å². The van der Waals surface area contributed by atoms with Gasteiger partial charge in [-0.05, 0) is 37.8 Å². The largest absolute Gasteiger partial charge is 0.397 e. The van der Waals surface area contributed by atoms with Gasteiger partial charge in [0.25, 0.3) is 0 Å². The molecule has 1 aromatic heterocycles. The molecule has 0 aliphatic carbocycles. The number of nitrogens with two attached hydrogens (primary N) is 1. The Hall–Kier alpha value is -1.33. The van der Waals surface area contributed by atoms with Crippen LogP contribution in [0.1, 0.15) is 17.8 Å². The molecule has 0 bridgehead atoms. The van der Waals surface area contributed by atoms with Crippen LogP contribution in [0.4, 0.5) is 11.4 Å². The number of aryl methyl sites for hydroxylation is 1. The van der Waals surface area contributed by atoms with Gasteiger partial charge in [-0.2, -0.15) is 0 Å². The Morgan fingerprint density at radius 3 is 2.85 bits per heavy atom. The molecule has 2 N–H and O–H groups in total. The van der Waals surface area contributed by atoms with Crippen molar-refractivity contribution in [2.24, 2.45) is 5.92 Å². The number of aromatic nitrogens is 1. The average molecular weight is 291 g/mol. The Kier molecular flexibility index (Phi) is 3.81. The Labute approximate surface area is 123 Å². The number of hydrogen-bond acceptors (Lipinski definition) is 5. The highest BCUT2D eigenvalue weighted by molar-refractivity contribution is 7.18. The van der Waals surface area contributed by atoms with Crippen LogP contribution in [-0.2, 0) is 4.74 Å². The van der Waals surface area contributed by atoms with E-state index in [2.05, 4.69) is 22.0 Å². The molecule has 2 heterocycles. The third-order valence-corrected chi connectivity index (χ3v) is 4.94. The van der Waals surface area contributed by atoms with Gasteiger partial charge in [0.2, 0.25) is 0 Å². The van der Waals surface area contributed by atoms with Crippen LogP contribution in [0.2, 0.25) is 0 Å². The van der Waals surface area contributed by atoms with Gasteiger partial charge in [0.1, 0.15) is 0 Å². The molecule has 5 heteroatoms. The molecule has 0 unspecified atom stereocenters. The summed E-state index contributed by atoms with van der Waals surface area (Å²) in [6.45, 7) is 5.00. The van der Waals surface area contributed by atoms with Crippen LogP contribution in [0.5, 0.6) is 0 Å². The number of thiazole rings is 1. The Bertz CT molecular complexity index is 602. The maximum Gasteiger partial charge on any atom is 0.0907 e. The van der Waals surface area contributed by atoms with Crippen molar-refractivity contribution in [2.75, 3.05) is 37.4 Å². The zero-order chi connectivity index (χ0) is 14.1. The average Bonchev–Trinajstić information content (AvgIpc) is 2.78. The molecule has 1 aromatic carbocycles. The summed E-state index contributed by atoms with van der Waals surface area (Å²) in [7, 11) is 1.78. The van der Waals surface area contributed by atoms with Crippen molar-refractivity contribution in [3.63, 3.8) is 0 Å². The van der Waals surface area contributed by atoms with Gasteiger partial charge in [0.05, 0.1) is 26.6 Å². The predicted octanol–water partition coefficient (Wildman–Crippen LogP) is 3.05. The van der Waals surface area contributed by atoms with Gasteiger partial charge < -0.3 is 15.4 Å². The van der Waals surface area contributed by atoms with E-state index in [9.17, 15) is 0 Å². The molecule has 1 saturated heterocycles. The number of nitrogens with zero attached hydrogens (tertiary/aromatic N) is 2. The van der Waals surface area contributed by atoms with Crippen LogP contribution in [0.3, 0.4) is 0 Å². The van der Waals surface area contributed by atoms with E-state index in [1.165, 1.54) is 17.5 Å². The summed E-state index contributed by atoms with van der Waals surface area (Å²) in [5.41, 5.74) is 9.30. The highest BCUT2D eigenvalue weighted by Crippen LogP contribution is 2.34. The molecule has 4 nitrogen and oxygen atoms in total. The highest BCUT2D eigenvalue weighted by atomic mass is 32.1. The molecule has 1 aliphatic heterocycles. The molecule has 0 radical (unpaired) electrons. The normalized spacial score (nSPS) is 17.0. The van der Waals surface area contributed by atoms with Crippen LogP contribution < -0.4 is 10.6 Å². The number of fused-ring (bicyclic) bond motifs is 1. The topological polar surface area (TPSA) is 51.4 Å². The fourth-order valence-corrected chi connectivity index (χ4v) is 3.80. The van der Waals surface area contributed by atoms with Crippen molar-refractivity contribution in [2.45, 2.75) is 19.8 Å². The maximum atomic E-state index is 6.23. The first kappa shape index (κ1) is 13.6. The first-order valence-electron chi connectivity index (χ1n) is 7.08. The molecule has 0 spiro atoms. The van der Waals surface area contributed by atoms with E-state index in [1.807, 2.05) is 6.92 Å². The lowest BCUT2D eigenvalue weighted by atomic mass is 9.97.